The molecule has 0 saturated heterocycles. The first kappa shape index (κ1) is 14.6. The Morgan fingerprint density at radius 2 is 1.95 bits per heavy atom. The summed E-state index contributed by atoms with van der Waals surface area (Å²) in [6.45, 7) is 1.98. The lowest BCUT2D eigenvalue weighted by Crippen LogP contribution is -2.16. The summed E-state index contributed by atoms with van der Waals surface area (Å²) in [5, 5.41) is 6.76. The Morgan fingerprint density at radius 1 is 1.14 bits per heavy atom. The van der Waals surface area contributed by atoms with Crippen LogP contribution in [0.2, 0.25) is 0 Å². The number of anilines is 3. The van der Waals surface area contributed by atoms with Gasteiger partial charge in [-0.25, -0.2) is 4.98 Å². The van der Waals surface area contributed by atoms with Gasteiger partial charge in [0, 0.05) is 29.6 Å². The van der Waals surface area contributed by atoms with E-state index in [2.05, 4.69) is 20.6 Å². The highest BCUT2D eigenvalue weighted by atomic mass is 16.5. The molecule has 0 spiro atoms. The third-order valence-electron chi connectivity index (χ3n) is 3.89. The second-order valence-electron chi connectivity index (χ2n) is 5.70. The number of hydrogen-bond donors (Lipinski definition) is 2. The van der Waals surface area contributed by atoms with Crippen LogP contribution in [0.1, 0.15) is 31.4 Å². The van der Waals surface area contributed by atoms with Gasteiger partial charge in [0.05, 0.1) is 7.11 Å². The number of hydrogen-bond acceptors (Lipinski definition) is 5. The monoisotopic (exact) mass is 298 g/mol. The van der Waals surface area contributed by atoms with Crippen molar-refractivity contribution >= 4 is 17.5 Å². The smallest absolute Gasteiger partial charge is 0.229 e. The SMILES string of the molecule is COc1cccc(Nc2nc(C)cc(NC3CCCC3)n2)c1. The topological polar surface area (TPSA) is 59.1 Å². The summed E-state index contributed by atoms with van der Waals surface area (Å²) in [6.07, 6.45) is 5.05. The second-order valence-corrected chi connectivity index (χ2v) is 5.70. The molecular formula is C17H22N4O. The van der Waals surface area contributed by atoms with Crippen molar-refractivity contribution in [2.45, 2.75) is 38.6 Å². The highest BCUT2D eigenvalue weighted by Gasteiger charge is 2.15. The lowest BCUT2D eigenvalue weighted by atomic mass is 10.2. The highest BCUT2D eigenvalue weighted by molar-refractivity contribution is 5.57. The summed E-state index contributed by atoms with van der Waals surface area (Å²) in [5.41, 5.74) is 1.86. The quantitative estimate of drug-likeness (QED) is 0.877. The van der Waals surface area contributed by atoms with Crippen LogP contribution < -0.4 is 15.4 Å². The van der Waals surface area contributed by atoms with Crippen molar-refractivity contribution in [3.05, 3.63) is 36.0 Å². The summed E-state index contributed by atoms with van der Waals surface area (Å²) in [4.78, 5) is 9.03. The molecule has 1 heterocycles. The van der Waals surface area contributed by atoms with E-state index in [9.17, 15) is 0 Å². The first-order valence-corrected chi connectivity index (χ1v) is 7.76. The third-order valence-corrected chi connectivity index (χ3v) is 3.89. The molecule has 2 N–H and O–H groups in total. The number of ether oxygens (including phenoxy) is 1. The number of aryl methyl sites for hydroxylation is 1. The van der Waals surface area contributed by atoms with Crippen LogP contribution in [0.5, 0.6) is 5.75 Å². The zero-order valence-corrected chi connectivity index (χ0v) is 13.1. The van der Waals surface area contributed by atoms with Crippen LogP contribution in [-0.4, -0.2) is 23.1 Å². The predicted octanol–water partition coefficient (Wildman–Crippen LogP) is 3.89. The van der Waals surface area contributed by atoms with Crippen LogP contribution in [-0.2, 0) is 0 Å². The maximum absolute atomic E-state index is 5.24. The maximum atomic E-state index is 5.24. The van der Waals surface area contributed by atoms with Gasteiger partial charge in [-0.1, -0.05) is 18.9 Å². The van der Waals surface area contributed by atoms with Gasteiger partial charge in [0.2, 0.25) is 5.95 Å². The summed E-state index contributed by atoms with van der Waals surface area (Å²) in [7, 11) is 1.66. The molecule has 116 valence electrons. The lowest BCUT2D eigenvalue weighted by Gasteiger charge is -2.14. The first-order chi connectivity index (χ1) is 10.7. The van der Waals surface area contributed by atoms with Crippen molar-refractivity contribution < 1.29 is 4.74 Å². The Hall–Kier alpha value is -2.30. The highest BCUT2D eigenvalue weighted by Crippen LogP contribution is 2.23. The number of nitrogens with one attached hydrogen (secondary N) is 2. The van der Waals surface area contributed by atoms with E-state index in [1.165, 1.54) is 25.7 Å². The van der Waals surface area contributed by atoms with E-state index in [0.29, 0.717) is 12.0 Å². The number of benzene rings is 1. The Labute approximate surface area is 131 Å². The Kier molecular flexibility index (Phi) is 4.42. The van der Waals surface area contributed by atoms with Gasteiger partial charge in [-0.15, -0.1) is 0 Å². The van der Waals surface area contributed by atoms with E-state index in [1.807, 2.05) is 37.3 Å². The average molecular weight is 298 g/mol. The fraction of sp³-hybridized carbons (Fsp3) is 0.412. The minimum Gasteiger partial charge on any atom is -0.497 e. The van der Waals surface area contributed by atoms with Crippen molar-refractivity contribution in [2.24, 2.45) is 0 Å². The van der Waals surface area contributed by atoms with Gasteiger partial charge in [-0.05, 0) is 31.9 Å². The first-order valence-electron chi connectivity index (χ1n) is 7.76. The van der Waals surface area contributed by atoms with Gasteiger partial charge >= 0.3 is 0 Å². The van der Waals surface area contributed by atoms with E-state index in [4.69, 9.17) is 4.74 Å². The number of nitrogens with zero attached hydrogens (tertiary/aromatic N) is 2. The number of rotatable bonds is 5. The minimum absolute atomic E-state index is 0.541. The summed E-state index contributed by atoms with van der Waals surface area (Å²) >= 11 is 0. The van der Waals surface area contributed by atoms with Crippen LogP contribution in [0.15, 0.2) is 30.3 Å². The van der Waals surface area contributed by atoms with Crippen molar-refractivity contribution in [2.75, 3.05) is 17.7 Å². The van der Waals surface area contributed by atoms with Crippen LogP contribution in [0.3, 0.4) is 0 Å². The molecule has 2 aromatic rings. The molecule has 0 amide bonds. The van der Waals surface area contributed by atoms with Crippen molar-refractivity contribution in [3.63, 3.8) is 0 Å². The minimum atomic E-state index is 0.541. The Morgan fingerprint density at radius 3 is 2.73 bits per heavy atom. The third kappa shape index (κ3) is 3.67. The van der Waals surface area contributed by atoms with Gasteiger partial charge in [0.1, 0.15) is 11.6 Å². The number of methoxy groups -OCH3 is 1. The zero-order chi connectivity index (χ0) is 15.4. The van der Waals surface area contributed by atoms with Gasteiger partial charge < -0.3 is 15.4 Å². The molecular weight excluding hydrogens is 276 g/mol. The van der Waals surface area contributed by atoms with E-state index in [-0.39, 0.29) is 0 Å². The predicted molar refractivity (Wildman–Crippen MR) is 88.9 cm³/mol. The largest absolute Gasteiger partial charge is 0.497 e. The molecule has 0 aliphatic heterocycles. The van der Waals surface area contributed by atoms with Crippen molar-refractivity contribution in [1.29, 1.82) is 0 Å². The van der Waals surface area contributed by atoms with Crippen LogP contribution >= 0.6 is 0 Å². The second kappa shape index (κ2) is 6.64. The van der Waals surface area contributed by atoms with Gasteiger partial charge in [0.25, 0.3) is 0 Å². The molecule has 1 aliphatic rings. The molecule has 1 saturated carbocycles. The van der Waals surface area contributed by atoms with Crippen LogP contribution in [0, 0.1) is 6.92 Å². The van der Waals surface area contributed by atoms with Crippen LogP contribution in [0.25, 0.3) is 0 Å². The standard InChI is InChI=1S/C17H22N4O/c1-12-10-16(19-13-6-3-4-7-13)21-17(18-12)20-14-8-5-9-15(11-14)22-2/h5,8-11,13H,3-4,6-7H2,1-2H3,(H2,18,19,20,21). The molecule has 5 nitrogen and oxygen atoms in total. The average Bonchev–Trinajstić information content (AvgIpc) is 2.99. The maximum Gasteiger partial charge on any atom is 0.229 e. The fourth-order valence-corrected chi connectivity index (χ4v) is 2.81. The normalized spacial score (nSPS) is 14.8. The van der Waals surface area contributed by atoms with Gasteiger partial charge in [-0.3, -0.25) is 0 Å². The van der Waals surface area contributed by atoms with Crippen LogP contribution in [0.4, 0.5) is 17.5 Å². The summed E-state index contributed by atoms with van der Waals surface area (Å²) in [6, 6.07) is 10.3. The molecule has 3 rings (SSSR count). The summed E-state index contributed by atoms with van der Waals surface area (Å²) in [5.74, 6) is 2.31. The molecule has 0 radical (unpaired) electrons. The summed E-state index contributed by atoms with van der Waals surface area (Å²) < 4.78 is 5.24. The lowest BCUT2D eigenvalue weighted by molar-refractivity contribution is 0.415. The molecule has 1 aromatic carbocycles. The molecule has 0 atom stereocenters. The van der Waals surface area contributed by atoms with E-state index in [1.54, 1.807) is 7.11 Å². The van der Waals surface area contributed by atoms with E-state index >= 15 is 0 Å². The molecule has 5 heteroatoms. The fourth-order valence-electron chi connectivity index (χ4n) is 2.81. The van der Waals surface area contributed by atoms with Gasteiger partial charge in [-0.2, -0.15) is 4.98 Å². The molecule has 1 fully saturated rings. The molecule has 0 unspecified atom stereocenters. The molecule has 1 aromatic heterocycles. The molecule has 0 bridgehead atoms. The van der Waals surface area contributed by atoms with Crippen molar-refractivity contribution in [1.82, 2.24) is 9.97 Å². The zero-order valence-electron chi connectivity index (χ0n) is 13.1. The van der Waals surface area contributed by atoms with Gasteiger partial charge in [0.15, 0.2) is 0 Å². The number of aromatic nitrogens is 2. The van der Waals surface area contributed by atoms with E-state index < -0.39 is 0 Å². The van der Waals surface area contributed by atoms with E-state index in [0.717, 1.165) is 22.9 Å². The molecule has 1 aliphatic carbocycles. The van der Waals surface area contributed by atoms with Crippen molar-refractivity contribution in [3.8, 4) is 5.75 Å². The Bertz CT molecular complexity index is 638. The molecule has 22 heavy (non-hydrogen) atoms. The Balaban J connectivity index is 1.76.